The first-order valence-electron chi connectivity index (χ1n) is 10.7. The molecule has 1 saturated heterocycles. The van der Waals surface area contributed by atoms with Gasteiger partial charge in [-0.05, 0) is 70.8 Å². The van der Waals surface area contributed by atoms with Crippen molar-refractivity contribution in [1.82, 2.24) is 15.5 Å². The second-order valence-corrected chi connectivity index (χ2v) is 7.66. The highest BCUT2D eigenvalue weighted by Gasteiger charge is 2.20. The van der Waals surface area contributed by atoms with Gasteiger partial charge in [0.1, 0.15) is 5.75 Å². The Bertz CT molecular complexity index is 583. The standard InChI is InChI=1S/C22H38N4O2/c1-5-19(26-13-7-8-14-26)15-24-22(23-6-2)25-16-21(27)18-9-11-20(12-10-18)28-17(3)4/h9-12,17,19,21,27H,5-8,13-16H2,1-4H3,(H2,23,24,25). The largest absolute Gasteiger partial charge is 0.491 e. The van der Waals surface area contributed by atoms with E-state index < -0.39 is 6.10 Å². The second kappa shape index (κ2) is 11.9. The van der Waals surface area contributed by atoms with Gasteiger partial charge >= 0.3 is 0 Å². The summed E-state index contributed by atoms with van der Waals surface area (Å²) in [6, 6.07) is 8.12. The fraction of sp³-hybridized carbons (Fsp3) is 0.682. The summed E-state index contributed by atoms with van der Waals surface area (Å²) in [5, 5.41) is 17.1. The van der Waals surface area contributed by atoms with Crippen LogP contribution in [0.15, 0.2) is 29.3 Å². The summed E-state index contributed by atoms with van der Waals surface area (Å²) < 4.78 is 5.66. The molecule has 2 unspecified atom stereocenters. The summed E-state index contributed by atoms with van der Waals surface area (Å²) in [6.07, 6.45) is 3.25. The van der Waals surface area contributed by atoms with E-state index in [4.69, 9.17) is 9.73 Å². The van der Waals surface area contributed by atoms with Crippen molar-refractivity contribution < 1.29 is 9.84 Å². The van der Waals surface area contributed by atoms with Gasteiger partial charge in [-0.2, -0.15) is 0 Å². The molecule has 6 nitrogen and oxygen atoms in total. The zero-order valence-electron chi connectivity index (χ0n) is 17.9. The minimum absolute atomic E-state index is 0.142. The van der Waals surface area contributed by atoms with Gasteiger partial charge in [0.15, 0.2) is 5.96 Å². The van der Waals surface area contributed by atoms with Crippen molar-refractivity contribution in [1.29, 1.82) is 0 Å². The van der Waals surface area contributed by atoms with Crippen molar-refractivity contribution in [2.24, 2.45) is 4.99 Å². The molecule has 0 bridgehead atoms. The van der Waals surface area contributed by atoms with Crippen LogP contribution < -0.4 is 15.4 Å². The SMILES string of the molecule is CCNC(=NCC(CC)N1CCCC1)NCC(O)c1ccc(OC(C)C)cc1. The van der Waals surface area contributed by atoms with Crippen LogP contribution in [-0.2, 0) is 0 Å². The topological polar surface area (TPSA) is 69.1 Å². The van der Waals surface area contributed by atoms with Crippen molar-refractivity contribution in [3.05, 3.63) is 29.8 Å². The van der Waals surface area contributed by atoms with Gasteiger partial charge in [-0.25, -0.2) is 0 Å². The smallest absolute Gasteiger partial charge is 0.191 e. The van der Waals surface area contributed by atoms with Gasteiger partial charge in [0.05, 0.1) is 18.8 Å². The molecule has 1 aliphatic rings. The Hall–Kier alpha value is -1.79. The summed E-state index contributed by atoms with van der Waals surface area (Å²) in [7, 11) is 0. The zero-order chi connectivity index (χ0) is 20.4. The molecule has 0 amide bonds. The van der Waals surface area contributed by atoms with E-state index in [9.17, 15) is 5.11 Å². The number of aliphatic imine (C=N–C) groups is 1. The van der Waals surface area contributed by atoms with E-state index in [1.54, 1.807) is 0 Å². The number of rotatable bonds is 10. The number of hydrogen-bond acceptors (Lipinski definition) is 4. The quantitative estimate of drug-likeness (QED) is 0.423. The molecule has 0 aliphatic carbocycles. The van der Waals surface area contributed by atoms with E-state index in [-0.39, 0.29) is 6.10 Å². The molecule has 2 atom stereocenters. The van der Waals surface area contributed by atoms with E-state index in [0.717, 1.165) is 36.8 Å². The summed E-state index contributed by atoms with van der Waals surface area (Å²) in [5.74, 6) is 1.58. The first-order valence-corrected chi connectivity index (χ1v) is 10.7. The third-order valence-corrected chi connectivity index (χ3v) is 5.03. The summed E-state index contributed by atoms with van der Waals surface area (Å²) in [4.78, 5) is 7.31. The highest BCUT2D eigenvalue weighted by atomic mass is 16.5. The molecular formula is C22H38N4O2. The minimum Gasteiger partial charge on any atom is -0.491 e. The number of aliphatic hydroxyl groups is 1. The molecule has 1 aromatic rings. The molecule has 1 aliphatic heterocycles. The van der Waals surface area contributed by atoms with E-state index in [2.05, 4.69) is 29.4 Å². The Morgan fingerprint density at radius 2 is 1.82 bits per heavy atom. The molecular weight excluding hydrogens is 352 g/mol. The Morgan fingerprint density at radius 3 is 2.39 bits per heavy atom. The molecule has 1 aromatic carbocycles. The Labute approximate surface area is 170 Å². The highest BCUT2D eigenvalue weighted by molar-refractivity contribution is 5.79. The number of hydrogen-bond donors (Lipinski definition) is 3. The van der Waals surface area contributed by atoms with Gasteiger partial charge in [-0.3, -0.25) is 9.89 Å². The molecule has 0 spiro atoms. The summed E-state index contributed by atoms with van der Waals surface area (Å²) in [5.41, 5.74) is 0.864. The van der Waals surface area contributed by atoms with Gasteiger partial charge in [-0.1, -0.05) is 19.1 Å². The highest BCUT2D eigenvalue weighted by Crippen LogP contribution is 2.18. The predicted molar refractivity (Wildman–Crippen MR) is 116 cm³/mol. The number of ether oxygens (including phenoxy) is 1. The van der Waals surface area contributed by atoms with E-state index >= 15 is 0 Å². The molecule has 28 heavy (non-hydrogen) atoms. The van der Waals surface area contributed by atoms with Gasteiger partial charge in [0.2, 0.25) is 0 Å². The minimum atomic E-state index is -0.600. The van der Waals surface area contributed by atoms with Crippen molar-refractivity contribution in [2.45, 2.75) is 65.2 Å². The average molecular weight is 391 g/mol. The Balaban J connectivity index is 1.88. The van der Waals surface area contributed by atoms with E-state index in [0.29, 0.717) is 12.6 Å². The number of guanidine groups is 1. The van der Waals surface area contributed by atoms with Crippen LogP contribution in [-0.4, -0.2) is 60.8 Å². The molecule has 2 rings (SSSR count). The van der Waals surface area contributed by atoms with Crippen LogP contribution in [0, 0.1) is 0 Å². The monoisotopic (exact) mass is 390 g/mol. The van der Waals surface area contributed by atoms with E-state index in [1.165, 1.54) is 25.9 Å². The average Bonchev–Trinajstić information content (AvgIpc) is 3.21. The molecule has 0 saturated carbocycles. The van der Waals surface area contributed by atoms with Crippen LogP contribution in [0.1, 0.15) is 58.6 Å². The van der Waals surface area contributed by atoms with E-state index in [1.807, 2.05) is 38.1 Å². The maximum absolute atomic E-state index is 10.5. The normalized spacial score (nSPS) is 17.6. The molecule has 6 heteroatoms. The zero-order valence-corrected chi connectivity index (χ0v) is 17.9. The van der Waals surface area contributed by atoms with Gasteiger partial charge in [0, 0.05) is 19.1 Å². The van der Waals surface area contributed by atoms with Crippen molar-refractivity contribution in [3.63, 3.8) is 0 Å². The van der Waals surface area contributed by atoms with Gasteiger partial charge in [-0.15, -0.1) is 0 Å². The van der Waals surface area contributed by atoms with Crippen molar-refractivity contribution in [3.8, 4) is 5.75 Å². The maximum Gasteiger partial charge on any atom is 0.191 e. The Kier molecular flexibility index (Phi) is 9.58. The second-order valence-electron chi connectivity index (χ2n) is 7.66. The maximum atomic E-state index is 10.5. The molecule has 0 radical (unpaired) electrons. The third kappa shape index (κ3) is 7.32. The summed E-state index contributed by atoms with van der Waals surface area (Å²) in [6.45, 7) is 12.7. The number of benzene rings is 1. The Morgan fingerprint density at radius 1 is 1.14 bits per heavy atom. The number of nitrogens with zero attached hydrogens (tertiary/aromatic N) is 2. The predicted octanol–water partition coefficient (Wildman–Crippen LogP) is 2.94. The molecule has 3 N–H and O–H groups in total. The van der Waals surface area contributed by atoms with Crippen molar-refractivity contribution >= 4 is 5.96 Å². The van der Waals surface area contributed by atoms with Crippen LogP contribution in [0.25, 0.3) is 0 Å². The van der Waals surface area contributed by atoms with Gasteiger partial charge in [0.25, 0.3) is 0 Å². The number of aliphatic hydroxyl groups excluding tert-OH is 1. The van der Waals surface area contributed by atoms with Crippen LogP contribution in [0.5, 0.6) is 5.75 Å². The fourth-order valence-corrected chi connectivity index (χ4v) is 3.50. The molecule has 158 valence electrons. The lowest BCUT2D eigenvalue weighted by Gasteiger charge is -2.25. The lowest BCUT2D eigenvalue weighted by Crippen LogP contribution is -2.41. The van der Waals surface area contributed by atoms with Gasteiger partial charge < -0.3 is 20.5 Å². The van der Waals surface area contributed by atoms with Crippen molar-refractivity contribution in [2.75, 3.05) is 32.7 Å². The number of nitrogens with one attached hydrogen (secondary N) is 2. The molecule has 1 heterocycles. The van der Waals surface area contributed by atoms with Crippen LogP contribution >= 0.6 is 0 Å². The van der Waals surface area contributed by atoms with Crippen LogP contribution in [0.2, 0.25) is 0 Å². The third-order valence-electron chi connectivity index (χ3n) is 5.03. The first kappa shape index (κ1) is 22.5. The van der Waals surface area contributed by atoms with Crippen LogP contribution in [0.4, 0.5) is 0 Å². The molecule has 0 aromatic heterocycles. The lowest BCUT2D eigenvalue weighted by molar-refractivity contribution is 0.180. The number of likely N-dealkylation sites (tertiary alicyclic amines) is 1. The fourth-order valence-electron chi connectivity index (χ4n) is 3.50. The molecule has 1 fully saturated rings. The first-order chi connectivity index (χ1) is 13.5. The summed E-state index contributed by atoms with van der Waals surface area (Å²) >= 11 is 0. The van der Waals surface area contributed by atoms with Crippen LogP contribution in [0.3, 0.4) is 0 Å². The lowest BCUT2D eigenvalue weighted by atomic mass is 10.1.